The molecule has 102 valence electrons. The first kappa shape index (κ1) is 12.9. The van der Waals surface area contributed by atoms with Crippen LogP contribution in [0.15, 0.2) is 33.6 Å². The summed E-state index contributed by atoms with van der Waals surface area (Å²) in [7, 11) is 0. The highest BCUT2D eigenvalue weighted by Crippen LogP contribution is 2.17. The predicted octanol–water partition coefficient (Wildman–Crippen LogP) is 2.90. The van der Waals surface area contributed by atoms with Crippen molar-refractivity contribution in [2.45, 2.75) is 20.3 Å². The van der Waals surface area contributed by atoms with E-state index in [0.717, 1.165) is 0 Å². The zero-order chi connectivity index (χ0) is 14.3. The third-order valence-corrected chi connectivity index (χ3v) is 3.29. The van der Waals surface area contributed by atoms with Gasteiger partial charge in [0.05, 0.1) is 16.6 Å². The SMILES string of the molecule is CCc1nc2ccc(Cl)cc2c(=O)n1-c1cc(C)no1. The van der Waals surface area contributed by atoms with E-state index < -0.39 is 0 Å². The summed E-state index contributed by atoms with van der Waals surface area (Å²) in [6, 6.07) is 6.79. The van der Waals surface area contributed by atoms with E-state index in [1.54, 1.807) is 31.2 Å². The first-order valence-corrected chi connectivity index (χ1v) is 6.63. The van der Waals surface area contributed by atoms with E-state index >= 15 is 0 Å². The molecule has 5 nitrogen and oxygen atoms in total. The lowest BCUT2D eigenvalue weighted by atomic mass is 10.2. The summed E-state index contributed by atoms with van der Waals surface area (Å²) >= 11 is 5.96. The average molecular weight is 290 g/mol. The molecule has 0 aliphatic rings. The number of hydrogen-bond donors (Lipinski definition) is 0. The first-order chi connectivity index (χ1) is 9.60. The van der Waals surface area contributed by atoms with Crippen LogP contribution in [0.4, 0.5) is 0 Å². The van der Waals surface area contributed by atoms with Gasteiger partial charge >= 0.3 is 0 Å². The van der Waals surface area contributed by atoms with Gasteiger partial charge in [-0.15, -0.1) is 0 Å². The molecule has 0 radical (unpaired) electrons. The van der Waals surface area contributed by atoms with Gasteiger partial charge < -0.3 is 4.52 Å². The molecular formula is C14H12ClN3O2. The van der Waals surface area contributed by atoms with Gasteiger partial charge in [0.1, 0.15) is 5.82 Å². The van der Waals surface area contributed by atoms with Crippen LogP contribution < -0.4 is 5.56 Å². The number of aryl methyl sites for hydroxylation is 2. The molecule has 3 rings (SSSR count). The molecule has 0 spiro atoms. The van der Waals surface area contributed by atoms with E-state index in [0.29, 0.717) is 39.7 Å². The van der Waals surface area contributed by atoms with Gasteiger partial charge in [0.2, 0.25) is 5.88 Å². The number of benzene rings is 1. The molecule has 1 aromatic carbocycles. The van der Waals surface area contributed by atoms with Gasteiger partial charge in [-0.1, -0.05) is 23.7 Å². The molecule has 2 heterocycles. The van der Waals surface area contributed by atoms with Crippen LogP contribution in [0.1, 0.15) is 18.4 Å². The van der Waals surface area contributed by atoms with Gasteiger partial charge in [0.15, 0.2) is 0 Å². The molecular weight excluding hydrogens is 278 g/mol. The van der Waals surface area contributed by atoms with Crippen LogP contribution >= 0.6 is 11.6 Å². The molecule has 0 fully saturated rings. The second kappa shape index (κ2) is 4.76. The fourth-order valence-electron chi connectivity index (χ4n) is 2.12. The van der Waals surface area contributed by atoms with Crippen LogP contribution in [0, 0.1) is 6.92 Å². The number of rotatable bonds is 2. The Morgan fingerprint density at radius 2 is 2.15 bits per heavy atom. The normalized spacial score (nSPS) is 11.2. The van der Waals surface area contributed by atoms with Crippen molar-refractivity contribution in [2.75, 3.05) is 0 Å². The Kier molecular flexibility index (Phi) is 3.06. The van der Waals surface area contributed by atoms with Crippen LogP contribution in [0.2, 0.25) is 5.02 Å². The molecule has 6 heteroatoms. The molecule has 0 N–H and O–H groups in total. The largest absolute Gasteiger partial charge is 0.338 e. The lowest BCUT2D eigenvalue weighted by Crippen LogP contribution is -2.23. The lowest BCUT2D eigenvalue weighted by molar-refractivity contribution is 0.396. The van der Waals surface area contributed by atoms with E-state index in [1.165, 1.54) is 4.57 Å². The summed E-state index contributed by atoms with van der Waals surface area (Å²) in [6.07, 6.45) is 0.605. The van der Waals surface area contributed by atoms with Crippen molar-refractivity contribution in [3.05, 3.63) is 51.2 Å². The van der Waals surface area contributed by atoms with Gasteiger partial charge in [-0.3, -0.25) is 4.79 Å². The van der Waals surface area contributed by atoms with Crippen LogP contribution in [-0.2, 0) is 6.42 Å². The number of halogens is 1. The fourth-order valence-corrected chi connectivity index (χ4v) is 2.30. The highest BCUT2D eigenvalue weighted by molar-refractivity contribution is 6.31. The first-order valence-electron chi connectivity index (χ1n) is 6.25. The molecule has 0 amide bonds. The maximum atomic E-state index is 12.6. The molecule has 0 atom stereocenters. The third kappa shape index (κ3) is 2.00. The molecule has 0 aliphatic heterocycles. The summed E-state index contributed by atoms with van der Waals surface area (Å²) < 4.78 is 6.64. The minimum absolute atomic E-state index is 0.203. The van der Waals surface area contributed by atoms with Crippen molar-refractivity contribution in [3.63, 3.8) is 0 Å². The molecule has 0 aliphatic carbocycles. The number of aromatic nitrogens is 3. The Morgan fingerprint density at radius 1 is 1.35 bits per heavy atom. The summed E-state index contributed by atoms with van der Waals surface area (Å²) in [5.74, 6) is 1.000. The molecule has 20 heavy (non-hydrogen) atoms. The average Bonchev–Trinajstić information content (AvgIpc) is 2.85. The number of nitrogens with zero attached hydrogens (tertiary/aromatic N) is 3. The van der Waals surface area contributed by atoms with Crippen molar-refractivity contribution >= 4 is 22.5 Å². The van der Waals surface area contributed by atoms with Gasteiger partial charge in [0, 0.05) is 17.5 Å². The Balaban J connectivity index is 2.40. The van der Waals surface area contributed by atoms with Crippen LogP contribution in [0.25, 0.3) is 16.8 Å². The van der Waals surface area contributed by atoms with Crippen LogP contribution in [0.3, 0.4) is 0 Å². The molecule has 0 saturated heterocycles. The highest BCUT2D eigenvalue weighted by Gasteiger charge is 2.15. The Bertz CT molecular complexity index is 851. The Morgan fingerprint density at radius 3 is 2.80 bits per heavy atom. The van der Waals surface area contributed by atoms with E-state index in [-0.39, 0.29) is 5.56 Å². The van der Waals surface area contributed by atoms with E-state index in [1.807, 2.05) is 6.92 Å². The highest BCUT2D eigenvalue weighted by atomic mass is 35.5. The summed E-state index contributed by atoms with van der Waals surface area (Å²) in [6.45, 7) is 3.73. The molecule has 0 bridgehead atoms. The second-order valence-electron chi connectivity index (χ2n) is 4.49. The van der Waals surface area contributed by atoms with E-state index in [2.05, 4.69) is 10.1 Å². The maximum Gasteiger partial charge on any atom is 0.268 e. The smallest absolute Gasteiger partial charge is 0.268 e. The molecule has 3 aromatic rings. The minimum Gasteiger partial charge on any atom is -0.338 e. The monoisotopic (exact) mass is 289 g/mol. The molecule has 0 unspecified atom stereocenters. The minimum atomic E-state index is -0.203. The van der Waals surface area contributed by atoms with Gasteiger partial charge in [-0.2, -0.15) is 0 Å². The van der Waals surface area contributed by atoms with Crippen molar-refractivity contribution in [2.24, 2.45) is 0 Å². The zero-order valence-corrected chi connectivity index (χ0v) is 11.8. The summed E-state index contributed by atoms with van der Waals surface area (Å²) in [4.78, 5) is 17.1. The van der Waals surface area contributed by atoms with Gasteiger partial charge in [0.25, 0.3) is 5.56 Å². The topological polar surface area (TPSA) is 60.9 Å². The summed E-state index contributed by atoms with van der Waals surface area (Å²) in [5.41, 5.74) is 1.13. The van der Waals surface area contributed by atoms with E-state index in [4.69, 9.17) is 16.1 Å². The fraction of sp³-hybridized carbons (Fsp3) is 0.214. The lowest BCUT2D eigenvalue weighted by Gasteiger charge is -2.09. The second-order valence-corrected chi connectivity index (χ2v) is 4.93. The van der Waals surface area contributed by atoms with Crippen molar-refractivity contribution in [1.29, 1.82) is 0 Å². The van der Waals surface area contributed by atoms with Crippen molar-refractivity contribution in [1.82, 2.24) is 14.7 Å². The zero-order valence-electron chi connectivity index (χ0n) is 11.1. The van der Waals surface area contributed by atoms with Gasteiger partial charge in [-0.25, -0.2) is 9.55 Å². The van der Waals surface area contributed by atoms with Crippen molar-refractivity contribution in [3.8, 4) is 5.88 Å². The Hall–Kier alpha value is -2.14. The van der Waals surface area contributed by atoms with Crippen LogP contribution in [-0.4, -0.2) is 14.7 Å². The number of hydrogen-bond acceptors (Lipinski definition) is 4. The third-order valence-electron chi connectivity index (χ3n) is 3.05. The number of fused-ring (bicyclic) bond motifs is 1. The molecule has 0 saturated carbocycles. The van der Waals surface area contributed by atoms with Gasteiger partial charge in [-0.05, 0) is 25.1 Å². The van der Waals surface area contributed by atoms with E-state index in [9.17, 15) is 4.79 Å². The van der Waals surface area contributed by atoms with Crippen molar-refractivity contribution < 1.29 is 4.52 Å². The Labute approximate surface area is 119 Å². The van der Waals surface area contributed by atoms with Crippen LogP contribution in [0.5, 0.6) is 0 Å². The standard InChI is InChI=1S/C14H12ClN3O2/c1-3-12-16-11-5-4-9(15)7-10(11)14(19)18(12)13-6-8(2)17-20-13/h4-7H,3H2,1-2H3. The summed E-state index contributed by atoms with van der Waals surface area (Å²) in [5, 5.41) is 4.78. The maximum absolute atomic E-state index is 12.6. The molecule has 2 aromatic heterocycles. The quantitative estimate of drug-likeness (QED) is 0.728. The predicted molar refractivity (Wildman–Crippen MR) is 76.5 cm³/mol.